The second-order valence-corrected chi connectivity index (χ2v) is 6.55. The summed E-state index contributed by atoms with van der Waals surface area (Å²) in [7, 11) is 0. The number of aryl methyl sites for hydroxylation is 1. The number of hydrogen-bond acceptors (Lipinski definition) is 3. The first-order valence-electron chi connectivity index (χ1n) is 7.58. The van der Waals surface area contributed by atoms with E-state index in [1.807, 2.05) is 0 Å². The summed E-state index contributed by atoms with van der Waals surface area (Å²) in [6.07, 6.45) is 4.00. The molecule has 0 bridgehead atoms. The number of nitrogens with one attached hydrogen (secondary N) is 1. The maximum Gasteiger partial charge on any atom is 0.281 e. The molecule has 1 aliphatic rings. The van der Waals surface area contributed by atoms with Crippen molar-refractivity contribution < 1.29 is 0 Å². The molecule has 1 aromatic carbocycles. The monoisotopic (exact) mass is 348 g/mol. The molecule has 0 fully saturated rings. The summed E-state index contributed by atoms with van der Waals surface area (Å²) in [5.41, 5.74) is 1.49. The topological polar surface area (TPSA) is 63.6 Å². The van der Waals surface area contributed by atoms with Crippen molar-refractivity contribution in [3.63, 3.8) is 0 Å². The number of halogens is 2. The van der Waals surface area contributed by atoms with Gasteiger partial charge in [0.05, 0.1) is 5.02 Å². The Morgan fingerprint density at radius 2 is 2.00 bits per heavy atom. The molecular formula is C16H14Cl2N4O. The van der Waals surface area contributed by atoms with Crippen LogP contribution in [0.5, 0.6) is 0 Å². The van der Waals surface area contributed by atoms with Gasteiger partial charge in [0.25, 0.3) is 5.56 Å². The Kier molecular flexibility index (Phi) is 3.62. The Morgan fingerprint density at radius 3 is 2.83 bits per heavy atom. The van der Waals surface area contributed by atoms with Gasteiger partial charge in [-0.25, -0.2) is 9.97 Å². The van der Waals surface area contributed by atoms with Gasteiger partial charge in [-0.1, -0.05) is 29.6 Å². The molecule has 2 aromatic heterocycles. The van der Waals surface area contributed by atoms with Crippen molar-refractivity contribution in [2.75, 3.05) is 0 Å². The maximum absolute atomic E-state index is 12.7. The van der Waals surface area contributed by atoms with Crippen molar-refractivity contribution in [3.05, 3.63) is 44.4 Å². The summed E-state index contributed by atoms with van der Waals surface area (Å²) in [6, 6.07) is 5.18. The van der Waals surface area contributed by atoms with E-state index in [0.29, 0.717) is 39.1 Å². The lowest BCUT2D eigenvalue weighted by Gasteiger charge is -2.06. The minimum atomic E-state index is -0.0838. The summed E-state index contributed by atoms with van der Waals surface area (Å²) in [4.78, 5) is 24.9. The van der Waals surface area contributed by atoms with Crippen LogP contribution in [-0.4, -0.2) is 19.5 Å². The van der Waals surface area contributed by atoms with Gasteiger partial charge < -0.3 is 4.98 Å². The van der Waals surface area contributed by atoms with E-state index in [1.54, 1.807) is 22.8 Å². The number of aromatic amines is 1. The zero-order valence-corrected chi connectivity index (χ0v) is 13.8. The third-order valence-corrected chi connectivity index (χ3v) is 4.70. The van der Waals surface area contributed by atoms with Gasteiger partial charge in [0.1, 0.15) is 11.6 Å². The van der Waals surface area contributed by atoms with Gasteiger partial charge in [0, 0.05) is 23.6 Å². The van der Waals surface area contributed by atoms with Crippen LogP contribution < -0.4 is 5.56 Å². The van der Waals surface area contributed by atoms with Crippen LogP contribution in [0.2, 0.25) is 10.0 Å². The highest BCUT2D eigenvalue weighted by molar-refractivity contribution is 6.36. The number of H-pyrrole nitrogens is 1. The number of aromatic nitrogens is 4. The molecule has 0 amide bonds. The van der Waals surface area contributed by atoms with Gasteiger partial charge in [-0.3, -0.25) is 9.36 Å². The Morgan fingerprint density at radius 1 is 1.13 bits per heavy atom. The number of fused-ring (bicyclic) bond motifs is 2. The van der Waals surface area contributed by atoms with Crippen LogP contribution in [0.25, 0.3) is 22.6 Å². The van der Waals surface area contributed by atoms with Crippen molar-refractivity contribution in [3.8, 4) is 11.4 Å². The number of rotatable bonds is 1. The second-order valence-electron chi connectivity index (χ2n) is 5.70. The molecule has 1 N–H and O–H groups in total. The average molecular weight is 349 g/mol. The van der Waals surface area contributed by atoms with E-state index in [-0.39, 0.29) is 5.56 Å². The van der Waals surface area contributed by atoms with Crippen molar-refractivity contribution in [2.45, 2.75) is 32.2 Å². The van der Waals surface area contributed by atoms with E-state index in [4.69, 9.17) is 23.2 Å². The van der Waals surface area contributed by atoms with Crippen molar-refractivity contribution >= 4 is 34.4 Å². The Balaban J connectivity index is 1.91. The Hall–Kier alpha value is -1.85. The van der Waals surface area contributed by atoms with Crippen molar-refractivity contribution in [2.24, 2.45) is 0 Å². The maximum atomic E-state index is 12.7. The van der Waals surface area contributed by atoms with E-state index in [1.165, 1.54) is 0 Å². The second kappa shape index (κ2) is 5.65. The fourth-order valence-electron chi connectivity index (χ4n) is 2.99. The fourth-order valence-corrected chi connectivity index (χ4v) is 3.49. The predicted molar refractivity (Wildman–Crippen MR) is 91.2 cm³/mol. The summed E-state index contributed by atoms with van der Waals surface area (Å²) >= 11 is 12.2. The van der Waals surface area contributed by atoms with Crippen LogP contribution in [0.15, 0.2) is 23.0 Å². The number of imidazole rings is 1. The van der Waals surface area contributed by atoms with E-state index in [9.17, 15) is 4.79 Å². The third-order valence-electron chi connectivity index (χ3n) is 4.15. The van der Waals surface area contributed by atoms with Crippen LogP contribution >= 0.6 is 23.2 Å². The predicted octanol–water partition coefficient (Wildman–Crippen LogP) is 3.82. The van der Waals surface area contributed by atoms with Gasteiger partial charge in [-0.15, -0.1) is 0 Å². The van der Waals surface area contributed by atoms with Crippen LogP contribution in [0, 0.1) is 0 Å². The average Bonchev–Trinajstić information content (AvgIpc) is 2.78. The van der Waals surface area contributed by atoms with Gasteiger partial charge in [-0.2, -0.15) is 0 Å². The zero-order chi connectivity index (χ0) is 16.0. The van der Waals surface area contributed by atoms with Crippen LogP contribution in [0.3, 0.4) is 0 Å². The molecule has 3 heterocycles. The quantitative estimate of drug-likeness (QED) is 0.726. The molecule has 0 saturated carbocycles. The first-order chi connectivity index (χ1) is 11.1. The largest absolute Gasteiger partial charge is 0.322 e. The van der Waals surface area contributed by atoms with Gasteiger partial charge in [0.2, 0.25) is 0 Å². The number of nitrogens with zero attached hydrogens (tertiary/aromatic N) is 3. The summed E-state index contributed by atoms with van der Waals surface area (Å²) in [6.45, 7) is 0.709. The van der Waals surface area contributed by atoms with Crippen LogP contribution in [0.4, 0.5) is 0 Å². The highest BCUT2D eigenvalue weighted by atomic mass is 35.5. The molecular weight excluding hydrogens is 335 g/mol. The molecule has 0 spiro atoms. The molecule has 4 rings (SSSR count). The number of hydrogen-bond donors (Lipinski definition) is 1. The molecule has 1 aliphatic heterocycles. The summed E-state index contributed by atoms with van der Waals surface area (Å²) < 4.78 is 1.75. The molecule has 0 radical (unpaired) electrons. The molecule has 0 atom stereocenters. The van der Waals surface area contributed by atoms with E-state index in [2.05, 4.69) is 15.0 Å². The van der Waals surface area contributed by atoms with Gasteiger partial charge >= 0.3 is 0 Å². The molecule has 3 aromatic rings. The molecule has 0 saturated heterocycles. The van der Waals surface area contributed by atoms with E-state index in [0.717, 1.165) is 31.5 Å². The smallest absolute Gasteiger partial charge is 0.281 e. The van der Waals surface area contributed by atoms with E-state index < -0.39 is 0 Å². The molecule has 7 heteroatoms. The SMILES string of the molecule is O=c1c2nc(-c3ccc(Cl)cc3Cl)[nH]c2nc2n1CCCCC2. The molecule has 0 unspecified atom stereocenters. The van der Waals surface area contributed by atoms with Crippen LogP contribution in [-0.2, 0) is 13.0 Å². The van der Waals surface area contributed by atoms with Gasteiger partial charge in [-0.05, 0) is 31.0 Å². The zero-order valence-electron chi connectivity index (χ0n) is 12.3. The lowest BCUT2D eigenvalue weighted by Crippen LogP contribution is -2.24. The normalized spacial score (nSPS) is 14.7. The Labute approximate surface area is 142 Å². The Bertz CT molecular complexity index is 961. The fraction of sp³-hybridized carbons (Fsp3) is 0.312. The molecule has 5 nitrogen and oxygen atoms in total. The lowest BCUT2D eigenvalue weighted by molar-refractivity contribution is 0.613. The first-order valence-corrected chi connectivity index (χ1v) is 8.34. The first kappa shape index (κ1) is 14.7. The molecule has 0 aliphatic carbocycles. The summed E-state index contributed by atoms with van der Waals surface area (Å²) in [5.74, 6) is 1.37. The third kappa shape index (κ3) is 2.54. The van der Waals surface area contributed by atoms with Gasteiger partial charge in [0.15, 0.2) is 11.2 Å². The van der Waals surface area contributed by atoms with Crippen LogP contribution in [0.1, 0.15) is 25.1 Å². The summed E-state index contributed by atoms with van der Waals surface area (Å²) in [5, 5.41) is 1.04. The highest BCUT2D eigenvalue weighted by Crippen LogP contribution is 2.29. The standard InChI is InChI=1S/C16H14Cl2N4O/c17-9-5-6-10(11(18)8-9)14-20-13-15(21-14)19-12-4-2-1-3-7-22(12)16(13)23/h5-6,8H,1-4,7H2,(H,20,21). The molecule has 118 valence electrons. The van der Waals surface area contributed by atoms with Crippen molar-refractivity contribution in [1.82, 2.24) is 19.5 Å². The minimum Gasteiger partial charge on any atom is -0.322 e. The van der Waals surface area contributed by atoms with E-state index >= 15 is 0 Å². The number of benzene rings is 1. The lowest BCUT2D eigenvalue weighted by atomic mass is 10.2. The highest BCUT2D eigenvalue weighted by Gasteiger charge is 2.18. The minimum absolute atomic E-state index is 0.0838. The van der Waals surface area contributed by atoms with Crippen molar-refractivity contribution in [1.29, 1.82) is 0 Å². The molecule has 23 heavy (non-hydrogen) atoms.